The van der Waals surface area contributed by atoms with E-state index in [1.807, 2.05) is 35.4 Å². The van der Waals surface area contributed by atoms with Crippen molar-refractivity contribution >= 4 is 22.9 Å². The molecule has 34 heavy (non-hydrogen) atoms. The molecule has 0 bridgehead atoms. The van der Waals surface area contributed by atoms with Gasteiger partial charge in [-0.2, -0.15) is 0 Å². The van der Waals surface area contributed by atoms with Gasteiger partial charge < -0.3 is 14.6 Å². The quantitative estimate of drug-likeness (QED) is 0.547. The molecule has 4 heterocycles. The maximum Gasteiger partial charge on any atom is 0.264 e. The van der Waals surface area contributed by atoms with Crippen molar-refractivity contribution in [1.82, 2.24) is 25.4 Å². The molecule has 3 aromatic rings. The monoisotopic (exact) mass is 473 g/mol. The highest BCUT2D eigenvalue weighted by Crippen LogP contribution is 2.35. The summed E-state index contributed by atoms with van der Waals surface area (Å²) in [5.41, 5.74) is 3.95. The smallest absolute Gasteiger partial charge is 0.264 e. The summed E-state index contributed by atoms with van der Waals surface area (Å²) in [5.74, 6) is 0.948. The molecule has 1 amide bonds. The third-order valence-electron chi connectivity index (χ3n) is 6.08. The second-order valence-corrected chi connectivity index (χ2v) is 9.72. The highest BCUT2D eigenvalue weighted by molar-refractivity contribution is 7.09. The maximum atomic E-state index is 13.5. The van der Waals surface area contributed by atoms with Crippen molar-refractivity contribution in [2.45, 2.75) is 45.1 Å². The van der Waals surface area contributed by atoms with Crippen LogP contribution in [-0.4, -0.2) is 32.5 Å². The van der Waals surface area contributed by atoms with E-state index in [1.54, 1.807) is 23.5 Å². The van der Waals surface area contributed by atoms with Crippen LogP contribution in [0.3, 0.4) is 0 Å². The number of hydrogen-bond donors (Lipinski definition) is 1. The van der Waals surface area contributed by atoms with Crippen LogP contribution in [0.5, 0.6) is 0 Å². The summed E-state index contributed by atoms with van der Waals surface area (Å²) in [7, 11) is 0. The zero-order valence-corrected chi connectivity index (χ0v) is 20.1. The molecule has 1 saturated heterocycles. The average molecular weight is 474 g/mol. The lowest BCUT2D eigenvalue weighted by atomic mass is 10.0. The van der Waals surface area contributed by atoms with Crippen molar-refractivity contribution in [2.24, 2.45) is 0 Å². The molecule has 0 unspecified atom stereocenters. The molecular weight excluding hydrogens is 446 g/mol. The van der Waals surface area contributed by atoms with E-state index in [4.69, 9.17) is 4.42 Å². The van der Waals surface area contributed by atoms with Gasteiger partial charge in [-0.15, -0.1) is 21.5 Å². The summed E-state index contributed by atoms with van der Waals surface area (Å²) < 4.78 is 6.00. The van der Waals surface area contributed by atoms with E-state index in [-0.39, 0.29) is 17.9 Å². The lowest BCUT2D eigenvalue weighted by Gasteiger charge is -2.25. The van der Waals surface area contributed by atoms with Crippen LogP contribution < -0.4 is 5.32 Å². The van der Waals surface area contributed by atoms with Gasteiger partial charge in [-0.3, -0.25) is 4.79 Å². The number of rotatable bonds is 6. The number of nitrogens with zero attached hydrogens (tertiary/aromatic N) is 4. The SMILES string of the molecule is C=C1C=C(C(=O)N2CCC[C@@H]2c2nc(C)cs2)C=C(c2nnc([C@@H](C)Cc3ccccc3)o2)N1. The van der Waals surface area contributed by atoms with E-state index in [0.717, 1.165) is 30.0 Å². The minimum Gasteiger partial charge on any atom is -0.419 e. The Balaban J connectivity index is 1.34. The van der Waals surface area contributed by atoms with Crippen LogP contribution in [0.15, 0.2) is 70.1 Å². The summed E-state index contributed by atoms with van der Waals surface area (Å²) in [4.78, 5) is 20.0. The molecule has 2 aliphatic heterocycles. The Bertz CT molecular complexity index is 1270. The highest BCUT2D eigenvalue weighted by atomic mass is 32.1. The first-order valence-electron chi connectivity index (χ1n) is 11.5. The lowest BCUT2D eigenvalue weighted by Crippen LogP contribution is -2.32. The second kappa shape index (κ2) is 9.38. The number of aryl methyl sites for hydroxylation is 1. The predicted octanol–water partition coefficient (Wildman–Crippen LogP) is 4.93. The Kier molecular flexibility index (Phi) is 6.15. The topological polar surface area (TPSA) is 84.2 Å². The first-order chi connectivity index (χ1) is 16.5. The molecule has 174 valence electrons. The Labute approximate surface area is 202 Å². The maximum absolute atomic E-state index is 13.5. The zero-order chi connectivity index (χ0) is 23.7. The molecule has 1 aromatic carbocycles. The number of hydrogen-bond acceptors (Lipinski definition) is 7. The Hall–Kier alpha value is -3.52. The standard InChI is InChI=1S/C26H27N5O2S/c1-16(12-19-8-5-4-6-9-19)23-29-30-24(33-23)21-14-20(13-17(2)27-21)26(32)31-11-7-10-22(31)25-28-18(3)15-34-25/h4-6,8-9,13-16,22,27H,2,7,10-12H2,1,3H3/t16-,22+/m0/s1. The van der Waals surface area contributed by atoms with Crippen LogP contribution >= 0.6 is 11.3 Å². The summed E-state index contributed by atoms with van der Waals surface area (Å²) >= 11 is 1.62. The minimum atomic E-state index is -0.0345. The van der Waals surface area contributed by atoms with Gasteiger partial charge in [0.05, 0.1) is 6.04 Å². The number of likely N-dealkylation sites (tertiary alicyclic amines) is 1. The molecule has 0 aliphatic carbocycles. The minimum absolute atomic E-state index is 0.0148. The van der Waals surface area contributed by atoms with Crippen LogP contribution in [-0.2, 0) is 11.2 Å². The fraction of sp³-hybridized carbons (Fsp3) is 0.308. The average Bonchev–Trinajstić information content (AvgIpc) is 3.59. The number of carbonyl (C=O) groups is 1. The van der Waals surface area contributed by atoms with Crippen LogP contribution in [0.25, 0.3) is 5.70 Å². The number of dihydropyridines is 1. The van der Waals surface area contributed by atoms with Crippen molar-refractivity contribution < 1.29 is 9.21 Å². The molecule has 1 N–H and O–H groups in total. The van der Waals surface area contributed by atoms with Crippen LogP contribution in [0.2, 0.25) is 0 Å². The summed E-state index contributed by atoms with van der Waals surface area (Å²) in [6.07, 6.45) is 6.23. The van der Waals surface area contributed by atoms with Gasteiger partial charge in [-0.25, -0.2) is 4.98 Å². The number of aromatic nitrogens is 3. The third kappa shape index (κ3) is 4.59. The van der Waals surface area contributed by atoms with Crippen molar-refractivity contribution in [1.29, 1.82) is 0 Å². The van der Waals surface area contributed by atoms with Gasteiger partial charge in [0, 0.05) is 34.8 Å². The number of benzene rings is 1. The Morgan fingerprint density at radius 2 is 2.12 bits per heavy atom. The van der Waals surface area contributed by atoms with E-state index in [2.05, 4.69) is 46.1 Å². The molecule has 0 saturated carbocycles. The molecule has 0 radical (unpaired) electrons. The molecule has 1 fully saturated rings. The number of thiazole rings is 1. The fourth-order valence-electron chi connectivity index (χ4n) is 4.42. The first kappa shape index (κ1) is 22.3. The highest BCUT2D eigenvalue weighted by Gasteiger charge is 2.34. The Morgan fingerprint density at radius 3 is 2.88 bits per heavy atom. The molecule has 2 aromatic heterocycles. The van der Waals surface area contributed by atoms with Crippen molar-refractivity contribution in [3.63, 3.8) is 0 Å². The molecule has 5 rings (SSSR count). The van der Waals surface area contributed by atoms with Gasteiger partial charge in [0.25, 0.3) is 11.8 Å². The molecular formula is C26H27N5O2S. The van der Waals surface area contributed by atoms with Gasteiger partial charge in [0.15, 0.2) is 0 Å². The normalized spacial score (nSPS) is 18.9. The Morgan fingerprint density at radius 1 is 1.29 bits per heavy atom. The van der Waals surface area contributed by atoms with Crippen LogP contribution in [0, 0.1) is 6.92 Å². The van der Waals surface area contributed by atoms with Crippen molar-refractivity contribution in [3.05, 3.63) is 93.8 Å². The largest absolute Gasteiger partial charge is 0.419 e. The molecule has 2 aliphatic rings. The van der Waals surface area contributed by atoms with Gasteiger partial charge in [0.2, 0.25) is 5.89 Å². The number of nitrogens with one attached hydrogen (secondary N) is 1. The van der Waals surface area contributed by atoms with Gasteiger partial charge in [-0.05, 0) is 43.9 Å². The van der Waals surface area contributed by atoms with Gasteiger partial charge >= 0.3 is 0 Å². The number of allylic oxidation sites excluding steroid dienone is 1. The second-order valence-electron chi connectivity index (χ2n) is 8.83. The summed E-state index contributed by atoms with van der Waals surface area (Å²) in [5, 5.41) is 14.7. The molecule has 0 spiro atoms. The van der Waals surface area contributed by atoms with E-state index in [9.17, 15) is 4.79 Å². The van der Waals surface area contributed by atoms with Crippen molar-refractivity contribution in [2.75, 3.05) is 6.54 Å². The van der Waals surface area contributed by atoms with Crippen molar-refractivity contribution in [3.8, 4) is 0 Å². The fourth-order valence-corrected chi connectivity index (χ4v) is 5.37. The first-order valence-corrected chi connectivity index (χ1v) is 12.4. The van der Waals surface area contributed by atoms with Crippen LogP contribution in [0.4, 0.5) is 0 Å². The zero-order valence-electron chi connectivity index (χ0n) is 19.3. The van der Waals surface area contributed by atoms with Gasteiger partial charge in [-0.1, -0.05) is 43.8 Å². The van der Waals surface area contributed by atoms with E-state index >= 15 is 0 Å². The van der Waals surface area contributed by atoms with E-state index in [1.165, 1.54) is 5.56 Å². The molecule has 7 nitrogen and oxygen atoms in total. The third-order valence-corrected chi connectivity index (χ3v) is 7.15. The summed E-state index contributed by atoms with van der Waals surface area (Å²) in [6.45, 7) is 8.79. The summed E-state index contributed by atoms with van der Waals surface area (Å²) in [6, 6.07) is 10.2. The number of amides is 1. The van der Waals surface area contributed by atoms with Crippen LogP contribution in [0.1, 0.15) is 59.8 Å². The number of carbonyl (C=O) groups excluding carboxylic acids is 1. The molecule has 2 atom stereocenters. The van der Waals surface area contributed by atoms with E-state index < -0.39 is 0 Å². The lowest BCUT2D eigenvalue weighted by molar-refractivity contribution is -0.127. The van der Waals surface area contributed by atoms with E-state index in [0.29, 0.717) is 35.3 Å². The molecule has 8 heteroatoms. The predicted molar refractivity (Wildman–Crippen MR) is 132 cm³/mol. The van der Waals surface area contributed by atoms with Gasteiger partial charge in [0.1, 0.15) is 10.7 Å².